The molecule has 1 aromatic carbocycles. The maximum atomic E-state index is 11.1. The first-order valence-electron chi connectivity index (χ1n) is 5.92. The second-order valence-electron chi connectivity index (χ2n) is 4.61. The van der Waals surface area contributed by atoms with Crippen molar-refractivity contribution in [2.24, 2.45) is 5.92 Å². The summed E-state index contributed by atoms with van der Waals surface area (Å²) in [4.78, 5) is 22.0. The van der Waals surface area contributed by atoms with E-state index in [0.29, 0.717) is 6.54 Å². The molecule has 1 aliphatic heterocycles. The standard InChI is InChI=1S/C13H15NO4.ClH/c15-11(16)6-9-10(7-14-12(9)13(17)18)8-4-2-1-3-5-8;/h1-5,9-10,12,14H,6-7H2,(H,15,16)(H,17,18);1H/t9-,10-,12-;/m0./s1. The molecule has 0 spiro atoms. The van der Waals surface area contributed by atoms with Gasteiger partial charge in [-0.1, -0.05) is 30.3 Å². The lowest BCUT2D eigenvalue weighted by molar-refractivity contribution is -0.662. The van der Waals surface area contributed by atoms with Crippen LogP contribution < -0.4 is 17.7 Å². The molecule has 1 aromatic rings. The third kappa shape index (κ3) is 3.45. The Labute approximate surface area is 117 Å². The first-order valence-corrected chi connectivity index (χ1v) is 5.92. The van der Waals surface area contributed by atoms with Crippen molar-refractivity contribution in [1.82, 2.24) is 0 Å². The quantitative estimate of drug-likeness (QED) is 0.546. The van der Waals surface area contributed by atoms with E-state index >= 15 is 0 Å². The molecule has 104 valence electrons. The zero-order valence-corrected chi connectivity index (χ0v) is 11.0. The molecule has 2 rings (SSSR count). The molecular formula is C13H16ClNO4. The summed E-state index contributed by atoms with van der Waals surface area (Å²) in [5, 5.41) is 19.8. The summed E-state index contributed by atoms with van der Waals surface area (Å²) in [6.07, 6.45) is -0.104. The number of carboxylic acid groups (broad SMARTS) is 2. The lowest BCUT2D eigenvalue weighted by Gasteiger charge is -2.17. The third-order valence-electron chi connectivity index (χ3n) is 3.55. The van der Waals surface area contributed by atoms with Crippen molar-refractivity contribution >= 4 is 11.9 Å². The zero-order valence-electron chi connectivity index (χ0n) is 10.2. The van der Waals surface area contributed by atoms with Gasteiger partial charge in [-0.2, -0.15) is 0 Å². The van der Waals surface area contributed by atoms with E-state index in [1.54, 1.807) is 5.32 Å². The molecule has 5 nitrogen and oxygen atoms in total. The lowest BCUT2D eigenvalue weighted by atomic mass is 9.83. The van der Waals surface area contributed by atoms with E-state index in [0.717, 1.165) is 5.56 Å². The second-order valence-corrected chi connectivity index (χ2v) is 4.61. The summed E-state index contributed by atoms with van der Waals surface area (Å²) >= 11 is 0. The highest BCUT2D eigenvalue weighted by atomic mass is 35.5. The number of nitrogens with two attached hydrogens (primary N) is 1. The fourth-order valence-electron chi connectivity index (χ4n) is 2.73. The summed E-state index contributed by atoms with van der Waals surface area (Å²) in [6, 6.07) is 8.87. The van der Waals surface area contributed by atoms with Crippen molar-refractivity contribution in [3.63, 3.8) is 0 Å². The highest BCUT2D eigenvalue weighted by Gasteiger charge is 2.45. The van der Waals surface area contributed by atoms with Crippen molar-refractivity contribution in [1.29, 1.82) is 0 Å². The number of halogens is 1. The van der Waals surface area contributed by atoms with Gasteiger partial charge in [-0.25, -0.2) is 4.79 Å². The Morgan fingerprint density at radius 3 is 2.37 bits per heavy atom. The molecule has 19 heavy (non-hydrogen) atoms. The van der Waals surface area contributed by atoms with Gasteiger partial charge in [-0.05, 0) is 5.56 Å². The van der Waals surface area contributed by atoms with E-state index in [1.165, 1.54) is 0 Å². The minimum absolute atomic E-state index is 0. The van der Waals surface area contributed by atoms with Gasteiger partial charge in [0.2, 0.25) is 0 Å². The molecule has 6 heteroatoms. The Morgan fingerprint density at radius 1 is 1.21 bits per heavy atom. The van der Waals surface area contributed by atoms with Crippen molar-refractivity contribution < 1.29 is 37.5 Å². The van der Waals surface area contributed by atoms with Gasteiger partial charge < -0.3 is 27.9 Å². The maximum absolute atomic E-state index is 11.1. The number of hydrogen-bond donors (Lipinski definition) is 3. The zero-order chi connectivity index (χ0) is 13.1. The molecule has 0 unspecified atom stereocenters. The van der Waals surface area contributed by atoms with Crippen LogP contribution in [0.4, 0.5) is 0 Å². The number of hydrogen-bond acceptors (Lipinski definition) is 2. The van der Waals surface area contributed by atoms with Crippen molar-refractivity contribution in [3.05, 3.63) is 35.9 Å². The summed E-state index contributed by atoms with van der Waals surface area (Å²) in [7, 11) is 0. The van der Waals surface area contributed by atoms with Crippen LogP contribution in [0, 0.1) is 5.92 Å². The fourth-order valence-corrected chi connectivity index (χ4v) is 2.73. The Hall–Kier alpha value is -1.59. The molecule has 0 radical (unpaired) electrons. The molecule has 1 aliphatic rings. The predicted octanol–water partition coefficient (Wildman–Crippen LogP) is -3.10. The van der Waals surface area contributed by atoms with E-state index in [-0.39, 0.29) is 30.7 Å². The van der Waals surface area contributed by atoms with Gasteiger partial charge >= 0.3 is 11.9 Å². The molecule has 1 saturated heterocycles. The van der Waals surface area contributed by atoms with Crippen LogP contribution in [0.2, 0.25) is 0 Å². The van der Waals surface area contributed by atoms with Crippen molar-refractivity contribution in [2.75, 3.05) is 6.54 Å². The van der Waals surface area contributed by atoms with Gasteiger partial charge in [0.05, 0.1) is 13.0 Å². The highest BCUT2D eigenvalue weighted by molar-refractivity contribution is 5.75. The maximum Gasteiger partial charge on any atom is 0.362 e. The van der Waals surface area contributed by atoms with Crippen LogP contribution in [0.1, 0.15) is 17.9 Å². The average Bonchev–Trinajstić information content (AvgIpc) is 2.73. The van der Waals surface area contributed by atoms with Gasteiger partial charge in [0.1, 0.15) is 0 Å². The van der Waals surface area contributed by atoms with E-state index in [9.17, 15) is 9.59 Å². The molecule has 0 aliphatic carbocycles. The Morgan fingerprint density at radius 2 is 1.84 bits per heavy atom. The molecule has 1 heterocycles. The van der Waals surface area contributed by atoms with Gasteiger partial charge in [0.25, 0.3) is 0 Å². The molecule has 0 bridgehead atoms. The number of carboxylic acids is 2. The molecule has 0 amide bonds. The molecule has 4 N–H and O–H groups in total. The Kier molecular flexibility index (Phi) is 5.32. The monoisotopic (exact) mass is 285 g/mol. The third-order valence-corrected chi connectivity index (χ3v) is 3.55. The second kappa shape index (κ2) is 6.54. The number of carbonyl (C=O) groups is 2. The smallest absolute Gasteiger partial charge is 0.362 e. The summed E-state index contributed by atoms with van der Waals surface area (Å²) in [5.74, 6) is -2.24. The van der Waals surface area contributed by atoms with E-state index < -0.39 is 18.0 Å². The summed E-state index contributed by atoms with van der Waals surface area (Å²) < 4.78 is 0. The van der Waals surface area contributed by atoms with Crippen LogP contribution in [0.25, 0.3) is 0 Å². The topological polar surface area (TPSA) is 91.2 Å². The van der Waals surface area contributed by atoms with Crippen LogP contribution in [0.3, 0.4) is 0 Å². The van der Waals surface area contributed by atoms with Crippen molar-refractivity contribution in [2.45, 2.75) is 18.4 Å². The van der Waals surface area contributed by atoms with Crippen LogP contribution in [0.5, 0.6) is 0 Å². The minimum atomic E-state index is -0.942. The summed E-state index contributed by atoms with van der Waals surface area (Å²) in [6.45, 7) is 0.624. The number of benzene rings is 1. The van der Waals surface area contributed by atoms with E-state index in [2.05, 4.69) is 0 Å². The van der Waals surface area contributed by atoms with Crippen LogP contribution in [0.15, 0.2) is 30.3 Å². The SMILES string of the molecule is O=C(O)C[C@@H]1[C@@H](C(=O)O)[NH2+]C[C@H]1c1ccccc1.[Cl-]. The van der Waals surface area contributed by atoms with Gasteiger partial charge in [-0.3, -0.25) is 4.79 Å². The van der Waals surface area contributed by atoms with Gasteiger partial charge in [0, 0.05) is 11.8 Å². The van der Waals surface area contributed by atoms with Crippen LogP contribution >= 0.6 is 0 Å². The predicted molar refractivity (Wildman–Crippen MR) is 63.1 cm³/mol. The van der Waals surface area contributed by atoms with Gasteiger partial charge in [0.15, 0.2) is 6.04 Å². The lowest BCUT2D eigenvalue weighted by Crippen LogP contribution is -3.00. The number of aliphatic carboxylic acids is 2. The Bertz CT molecular complexity index is 451. The molecule has 0 aromatic heterocycles. The van der Waals surface area contributed by atoms with E-state index in [1.807, 2.05) is 30.3 Å². The average molecular weight is 286 g/mol. The largest absolute Gasteiger partial charge is 1.00 e. The minimum Gasteiger partial charge on any atom is -1.00 e. The molecule has 0 saturated carbocycles. The summed E-state index contributed by atoms with van der Waals surface area (Å²) in [5.41, 5.74) is 1.02. The fraction of sp³-hybridized carbons (Fsp3) is 0.385. The van der Waals surface area contributed by atoms with E-state index in [4.69, 9.17) is 10.2 Å². The first-order chi connectivity index (χ1) is 8.59. The molecule has 3 atom stereocenters. The van der Waals surface area contributed by atoms with Crippen molar-refractivity contribution in [3.8, 4) is 0 Å². The van der Waals surface area contributed by atoms with Crippen LogP contribution in [-0.2, 0) is 9.59 Å². The van der Waals surface area contributed by atoms with Gasteiger partial charge in [-0.15, -0.1) is 0 Å². The number of quaternary nitrogens is 1. The highest BCUT2D eigenvalue weighted by Crippen LogP contribution is 2.31. The number of rotatable bonds is 4. The first kappa shape index (κ1) is 15.5. The normalized spacial score (nSPS) is 25.6. The Balaban J connectivity index is 0.00000180. The molecule has 1 fully saturated rings. The molecular weight excluding hydrogens is 270 g/mol. The van der Waals surface area contributed by atoms with Crippen LogP contribution in [-0.4, -0.2) is 34.7 Å².